The van der Waals surface area contributed by atoms with Crippen molar-refractivity contribution in [2.75, 3.05) is 26.2 Å². The average molecular weight is 1080 g/mol. The third-order valence-electron chi connectivity index (χ3n) is 9.85. The van der Waals surface area contributed by atoms with Crippen LogP contribution in [0.15, 0.2) is 20.0 Å². The van der Waals surface area contributed by atoms with E-state index < -0.39 is 112 Å². The summed E-state index contributed by atoms with van der Waals surface area (Å²) < 4.78 is 0. The van der Waals surface area contributed by atoms with Gasteiger partial charge in [0.25, 0.3) is 0 Å². The van der Waals surface area contributed by atoms with Crippen LogP contribution in [0.5, 0.6) is 0 Å². The zero-order chi connectivity index (χ0) is 54.6. The van der Waals surface area contributed by atoms with Gasteiger partial charge in [0.2, 0.25) is 47.3 Å². The molecule has 0 aliphatic heterocycles. The fraction of sp³-hybridized carbons (Fsp3) is 0.658. The number of nitrogens with two attached hydrogens (primary N) is 10. The molecule has 8 amide bonds. The number of carbonyl (C=O) groups excluding carboxylic acids is 8. The van der Waals surface area contributed by atoms with Crippen LogP contribution in [0.3, 0.4) is 0 Å². The number of aliphatic carboxylic acids is 1. The van der Waals surface area contributed by atoms with Crippen LogP contribution in [0, 0.1) is 0 Å². The third-order valence-corrected chi connectivity index (χ3v) is 11.2. The molecule has 31 nitrogen and oxygen atoms in total. The molecule has 72 heavy (non-hydrogen) atoms. The number of carboxylic acid groups (broad SMARTS) is 1. The molecule has 0 heterocycles. The predicted molar refractivity (Wildman–Crippen MR) is 278 cm³/mol. The van der Waals surface area contributed by atoms with Crippen LogP contribution in [0.1, 0.15) is 78.6 Å². The summed E-state index contributed by atoms with van der Waals surface area (Å²) in [4.78, 5) is 131. The van der Waals surface area contributed by atoms with Crippen LogP contribution in [0.25, 0.3) is 0 Å². The Labute approximate surface area is 433 Å². The number of amides is 8. The minimum atomic E-state index is -2.22. The summed E-state index contributed by atoms with van der Waals surface area (Å²) in [7, 11) is 0. The molecule has 0 radical (unpaired) electrons. The quantitative estimate of drug-likeness (QED) is 0.00935. The Bertz CT molecular complexity index is 1970. The first-order chi connectivity index (χ1) is 33.0. The Hall–Kier alpha value is -6.74. The van der Waals surface area contributed by atoms with Crippen molar-refractivity contribution in [2.24, 2.45) is 77.3 Å². The number of nitrogens with zero attached hydrogens (tertiary/aromatic N) is 4. The molecule has 0 fully saturated rings. The second kappa shape index (κ2) is 34.6. The summed E-state index contributed by atoms with van der Waals surface area (Å²) in [5.41, 5.74) is 54.6. The fourth-order valence-electron chi connectivity index (χ4n) is 6.03. The lowest BCUT2D eigenvalue weighted by Gasteiger charge is -2.29. The van der Waals surface area contributed by atoms with Crippen LogP contribution in [-0.4, -0.2) is 161 Å². The smallest absolute Gasteiger partial charge is 0.335 e. The number of hydrogen-bond donors (Lipinski definition) is 20. The highest BCUT2D eigenvalue weighted by Gasteiger charge is 2.40. The number of hydrogen-bond acceptors (Lipinski definition) is 16. The Morgan fingerprint density at radius 1 is 0.486 bits per heavy atom. The maximum absolute atomic E-state index is 14.1. The van der Waals surface area contributed by atoms with E-state index in [0.717, 1.165) is 6.92 Å². The van der Waals surface area contributed by atoms with Crippen molar-refractivity contribution in [1.29, 1.82) is 0 Å². The molecule has 0 spiro atoms. The number of carboxylic acids is 1. The average Bonchev–Trinajstić information content (AvgIpc) is 3.26. The van der Waals surface area contributed by atoms with Gasteiger partial charge in [0.15, 0.2) is 28.7 Å². The summed E-state index contributed by atoms with van der Waals surface area (Å²) in [5.74, 6) is -9.38. The normalized spacial score (nSPS) is 14.8. The van der Waals surface area contributed by atoms with Gasteiger partial charge in [-0.1, -0.05) is 0 Å². The monoisotopic (exact) mass is 1080 g/mol. The van der Waals surface area contributed by atoms with Gasteiger partial charge in [-0.25, -0.2) is 4.79 Å². The van der Waals surface area contributed by atoms with E-state index in [1.54, 1.807) is 0 Å². The first-order valence-corrected chi connectivity index (χ1v) is 23.0. The van der Waals surface area contributed by atoms with E-state index in [4.69, 9.17) is 57.3 Å². The largest absolute Gasteiger partial charge is 0.479 e. The molecular formula is C38H74ClN21O10S2. The number of aliphatic imine (C=N–C) groups is 4. The summed E-state index contributed by atoms with van der Waals surface area (Å²) in [6, 6.07) is -9.52. The Kier molecular flexibility index (Phi) is 32.3. The Morgan fingerprint density at radius 3 is 1.06 bits per heavy atom. The van der Waals surface area contributed by atoms with E-state index in [2.05, 4.69) is 82.4 Å². The highest BCUT2D eigenvalue weighted by atomic mass is 35.5. The van der Waals surface area contributed by atoms with Crippen molar-refractivity contribution in [2.45, 2.75) is 131 Å². The number of rotatable bonds is 34. The molecular weight excluding hydrogens is 1010 g/mol. The zero-order valence-electron chi connectivity index (χ0n) is 40.3. The zero-order valence-corrected chi connectivity index (χ0v) is 42.9. The number of guanidine groups is 4. The van der Waals surface area contributed by atoms with E-state index in [0.29, 0.717) is 0 Å². The molecule has 34 heteroatoms. The molecule has 0 aromatic carbocycles. The van der Waals surface area contributed by atoms with Gasteiger partial charge in [-0.05, 0) is 71.6 Å². The maximum Gasteiger partial charge on any atom is 0.335 e. The lowest BCUT2D eigenvalue weighted by Crippen LogP contribution is -2.60. The molecule has 9 unspecified atom stereocenters. The lowest BCUT2D eigenvalue weighted by molar-refractivity contribution is -0.140. The van der Waals surface area contributed by atoms with Gasteiger partial charge in [-0.2, -0.15) is 12.6 Å². The SMILES string of the molecule is CC(=O)NC(CC(S)C(N)(S)C(=O)O)C(=O)NC(C)C(=O)NC(CCCN=C(N)N)C(=O)NC(CCCN=C(N)N)C(=O)NC(CCCN=C(N)N)C(=O)NC(C)C(=O)NC(CCCN=C(N)N)C(N)=O.Cl. The summed E-state index contributed by atoms with van der Waals surface area (Å²) in [6.07, 6.45) is -0.145. The van der Waals surface area contributed by atoms with Crippen LogP contribution < -0.4 is 94.6 Å². The molecule has 0 saturated heterocycles. The number of thiol groups is 2. The van der Waals surface area contributed by atoms with Gasteiger partial charge in [0.05, 0.1) is 0 Å². The van der Waals surface area contributed by atoms with Crippen molar-refractivity contribution in [3.8, 4) is 0 Å². The molecule has 0 aliphatic rings. The second-order valence-corrected chi connectivity index (χ2v) is 17.4. The predicted octanol–water partition coefficient (Wildman–Crippen LogP) is -8.08. The molecule has 410 valence electrons. The molecule has 0 bridgehead atoms. The van der Waals surface area contributed by atoms with Gasteiger partial charge in [-0.3, -0.25) is 58.3 Å². The van der Waals surface area contributed by atoms with Gasteiger partial charge < -0.3 is 99.7 Å². The van der Waals surface area contributed by atoms with Crippen molar-refractivity contribution in [1.82, 2.24) is 37.2 Å². The van der Waals surface area contributed by atoms with Gasteiger partial charge in [-0.15, -0.1) is 25.0 Å². The topological polar surface area (TPSA) is 568 Å². The summed E-state index contributed by atoms with van der Waals surface area (Å²) in [6.45, 7) is 3.83. The lowest BCUT2D eigenvalue weighted by atomic mass is 10.0. The first kappa shape index (κ1) is 67.3. The minimum Gasteiger partial charge on any atom is -0.479 e. The molecule has 0 saturated carbocycles. The number of carbonyl (C=O) groups is 9. The molecule has 0 aromatic heterocycles. The van der Waals surface area contributed by atoms with Gasteiger partial charge in [0, 0.05) is 38.4 Å². The number of nitrogens with one attached hydrogen (secondary N) is 7. The minimum absolute atomic E-state index is 0. The van der Waals surface area contributed by atoms with Gasteiger partial charge >= 0.3 is 5.97 Å². The van der Waals surface area contributed by atoms with Crippen LogP contribution in [0.2, 0.25) is 0 Å². The Balaban J connectivity index is 0. The molecule has 9 atom stereocenters. The molecule has 0 aliphatic carbocycles. The van der Waals surface area contributed by atoms with E-state index in [1.165, 1.54) is 13.8 Å². The summed E-state index contributed by atoms with van der Waals surface area (Å²) in [5, 5.41) is 25.5. The summed E-state index contributed by atoms with van der Waals surface area (Å²) >= 11 is 8.07. The fourth-order valence-corrected chi connectivity index (χ4v) is 6.45. The van der Waals surface area contributed by atoms with E-state index in [-0.39, 0.29) is 114 Å². The van der Waals surface area contributed by atoms with E-state index in [1.807, 2.05) is 0 Å². The molecule has 0 rings (SSSR count). The standard InChI is InChI=1S/C38H73N21O10S2.ClH/c1-17(27(62)56-20(26(39)61)8-4-12-49-34(40)41)53-29(64)21(9-5-13-50-35(42)43)58-31(66)23(11-7-15-52-37(46)47)59-30(65)22(10-6-14-51-36(44)45)57-28(63)18(2)54-32(67)24(55-19(3)60)16-25(70)38(48,71)33(68)69;/h17-18,20-25,70-71H,4-16,48H2,1-3H3,(H2,39,61)(H,53,64)(H,54,67)(H,55,60)(H,56,62)(H,57,63)(H,58,66)(H,59,65)(H,68,69)(H4,40,41,49)(H4,42,43,50)(H4,44,45,51)(H4,46,47,52);1H. The van der Waals surface area contributed by atoms with E-state index in [9.17, 15) is 48.3 Å². The van der Waals surface area contributed by atoms with Crippen LogP contribution in [0.4, 0.5) is 0 Å². The van der Waals surface area contributed by atoms with Crippen molar-refractivity contribution >= 4 is 115 Å². The number of primary amides is 1. The van der Waals surface area contributed by atoms with Crippen molar-refractivity contribution in [3.05, 3.63) is 0 Å². The van der Waals surface area contributed by atoms with Crippen molar-refractivity contribution < 1.29 is 48.3 Å². The Morgan fingerprint density at radius 2 is 0.764 bits per heavy atom. The van der Waals surface area contributed by atoms with Crippen LogP contribution >= 0.6 is 37.7 Å². The highest BCUT2D eigenvalue weighted by Crippen LogP contribution is 2.23. The van der Waals surface area contributed by atoms with Gasteiger partial charge in [0.1, 0.15) is 42.3 Å². The third kappa shape index (κ3) is 28.2. The van der Waals surface area contributed by atoms with E-state index >= 15 is 0 Å². The maximum atomic E-state index is 14.1. The van der Waals surface area contributed by atoms with Crippen LogP contribution in [-0.2, 0) is 43.2 Å². The second-order valence-electron chi connectivity index (χ2n) is 16.0. The molecule has 28 N–H and O–H groups in total. The molecule has 0 aromatic rings. The first-order valence-electron chi connectivity index (χ1n) is 22.0. The van der Waals surface area contributed by atoms with Crippen molar-refractivity contribution in [3.63, 3.8) is 0 Å². The highest BCUT2D eigenvalue weighted by molar-refractivity contribution is 7.86. The number of halogens is 1.